The van der Waals surface area contributed by atoms with E-state index in [4.69, 9.17) is 4.74 Å². The maximum atomic E-state index is 16.7. The Hall–Kier alpha value is -3.98. The molecule has 0 radical (unpaired) electrons. The van der Waals surface area contributed by atoms with Crippen LogP contribution in [0, 0.1) is 11.2 Å². The fraction of sp³-hybridized carbons (Fsp3) is 0.515. The predicted molar refractivity (Wildman–Crippen MR) is 166 cm³/mol. The average Bonchev–Trinajstić information content (AvgIpc) is 3.49. The molecule has 1 saturated carbocycles. The van der Waals surface area contributed by atoms with Crippen molar-refractivity contribution >= 4 is 27.5 Å². The zero-order valence-corrected chi connectivity index (χ0v) is 26.1. The van der Waals surface area contributed by atoms with Gasteiger partial charge >= 0.3 is 18.7 Å². The molecule has 2 saturated heterocycles. The molecule has 5 heterocycles. The molecule has 15 heteroatoms. The number of likely N-dealkylation sites (tertiary alicyclic amines) is 1. The van der Waals surface area contributed by atoms with Crippen LogP contribution >= 0.6 is 0 Å². The maximum absolute atomic E-state index is 16.7. The first-order chi connectivity index (χ1) is 22.9. The number of hydrogen-bond donors (Lipinski definition) is 1. The molecule has 48 heavy (non-hydrogen) atoms. The molecule has 0 amide bonds. The monoisotopic (exact) mass is 676 g/mol. The number of halogens is 6. The number of pyridine rings is 2. The number of aromatic nitrogens is 4. The van der Waals surface area contributed by atoms with Gasteiger partial charge in [0.15, 0.2) is 5.82 Å². The van der Waals surface area contributed by atoms with Gasteiger partial charge < -0.3 is 19.6 Å². The zero-order valence-electron chi connectivity index (χ0n) is 26.1. The maximum Gasteiger partial charge on any atom is 0.416 e. The molecule has 4 aromatic rings. The van der Waals surface area contributed by atoms with Gasteiger partial charge in [-0.2, -0.15) is 31.9 Å². The van der Waals surface area contributed by atoms with Crippen molar-refractivity contribution in [2.24, 2.45) is 5.41 Å². The summed E-state index contributed by atoms with van der Waals surface area (Å²) in [6, 6.07) is 2.23. The second kappa shape index (κ2) is 12.2. The minimum atomic E-state index is -4.82. The molecule has 2 aliphatic heterocycles. The normalized spacial score (nSPS) is 23.7. The number of aliphatic hydroxyl groups excluding tert-OH is 1. The summed E-state index contributed by atoms with van der Waals surface area (Å²) in [6.45, 7) is -1.38. The van der Waals surface area contributed by atoms with Crippen molar-refractivity contribution < 1.29 is 36.2 Å². The number of anilines is 1. The number of alkyl halides is 5. The Bertz CT molecular complexity index is 1940. The van der Waals surface area contributed by atoms with Gasteiger partial charge in [0, 0.05) is 47.9 Å². The van der Waals surface area contributed by atoms with Gasteiger partial charge in [-0.1, -0.05) is 6.42 Å². The number of nitrogens with zero attached hydrogens (tertiary/aromatic N) is 6. The van der Waals surface area contributed by atoms with E-state index in [1.165, 1.54) is 6.20 Å². The Labute approximate surface area is 271 Å². The Morgan fingerprint density at radius 1 is 1.06 bits per heavy atom. The van der Waals surface area contributed by atoms with E-state index in [9.17, 15) is 31.9 Å². The van der Waals surface area contributed by atoms with Crippen molar-refractivity contribution in [3.8, 4) is 17.3 Å². The zero-order chi connectivity index (χ0) is 34.0. The molecule has 0 spiro atoms. The van der Waals surface area contributed by atoms with Crippen molar-refractivity contribution in [2.75, 3.05) is 38.2 Å². The fourth-order valence-corrected chi connectivity index (χ4v) is 7.92. The van der Waals surface area contributed by atoms with Crippen LogP contribution in [0.5, 0.6) is 6.01 Å². The summed E-state index contributed by atoms with van der Waals surface area (Å²) in [6.07, 6.45) is 2.56. The lowest BCUT2D eigenvalue weighted by atomic mass is 9.76. The quantitative estimate of drug-likeness (QED) is 0.243. The summed E-state index contributed by atoms with van der Waals surface area (Å²) in [5.41, 5.74) is -3.80. The molecule has 9 nitrogen and oxygen atoms in total. The highest BCUT2D eigenvalue weighted by Crippen LogP contribution is 2.47. The lowest BCUT2D eigenvalue weighted by molar-refractivity contribution is -0.137. The SMILES string of the molecule is CN1CCCC2(COc3nc(N4CCCC(O)C4)c4cnc(-c5cn(C(F)F)c(=O)c6ccc(C(F)(F)F)cc56)c(F)c4n3)CCCC12. The van der Waals surface area contributed by atoms with Crippen LogP contribution in [-0.4, -0.2) is 75.0 Å². The van der Waals surface area contributed by atoms with Crippen molar-refractivity contribution in [1.82, 2.24) is 24.4 Å². The van der Waals surface area contributed by atoms with E-state index in [0.29, 0.717) is 50.4 Å². The van der Waals surface area contributed by atoms with Crippen LogP contribution in [0.25, 0.3) is 32.9 Å². The van der Waals surface area contributed by atoms with Crippen molar-refractivity contribution in [1.29, 1.82) is 0 Å². The smallest absolute Gasteiger partial charge is 0.416 e. The van der Waals surface area contributed by atoms with E-state index >= 15 is 4.39 Å². The average molecular weight is 677 g/mol. The lowest BCUT2D eigenvalue weighted by Gasteiger charge is -2.44. The number of β-amino-alcohol motifs (C(OH)–C–C–N with tert-alkyl or cyclic N) is 1. The fourth-order valence-electron chi connectivity index (χ4n) is 7.92. The highest BCUT2D eigenvalue weighted by Gasteiger charge is 2.47. The summed E-state index contributed by atoms with van der Waals surface area (Å²) >= 11 is 0. The topological polar surface area (TPSA) is 96.6 Å². The number of fused-ring (bicyclic) bond motifs is 3. The van der Waals surface area contributed by atoms with E-state index in [-0.39, 0.29) is 39.3 Å². The summed E-state index contributed by atoms with van der Waals surface area (Å²) in [5.74, 6) is -0.847. The highest BCUT2D eigenvalue weighted by atomic mass is 19.4. The summed E-state index contributed by atoms with van der Waals surface area (Å²) in [4.78, 5) is 30.2. The van der Waals surface area contributed by atoms with Gasteiger partial charge in [0.1, 0.15) is 17.0 Å². The Morgan fingerprint density at radius 3 is 2.60 bits per heavy atom. The van der Waals surface area contributed by atoms with Gasteiger partial charge in [0.25, 0.3) is 5.56 Å². The van der Waals surface area contributed by atoms with Crippen LogP contribution in [0.1, 0.15) is 57.1 Å². The van der Waals surface area contributed by atoms with Crippen LogP contribution in [0.4, 0.5) is 32.2 Å². The molecule has 1 aliphatic carbocycles. The molecule has 0 bridgehead atoms. The van der Waals surface area contributed by atoms with Crippen LogP contribution in [-0.2, 0) is 6.18 Å². The van der Waals surface area contributed by atoms with E-state index in [1.807, 2.05) is 0 Å². The largest absolute Gasteiger partial charge is 0.463 e. The Morgan fingerprint density at radius 2 is 1.85 bits per heavy atom. The van der Waals surface area contributed by atoms with E-state index in [1.54, 1.807) is 4.90 Å². The predicted octanol–water partition coefficient (Wildman–Crippen LogP) is 6.16. The Kier molecular flexibility index (Phi) is 8.25. The van der Waals surface area contributed by atoms with Crippen LogP contribution < -0.4 is 15.2 Å². The number of rotatable bonds is 6. The second-order valence-electron chi connectivity index (χ2n) is 13.2. The second-order valence-corrected chi connectivity index (χ2v) is 13.2. The Balaban J connectivity index is 1.39. The van der Waals surface area contributed by atoms with E-state index in [0.717, 1.165) is 44.7 Å². The standard InChI is InChI=1S/C33H34F6N6O3/c1-43-11-4-10-32(9-2-6-24(32)43)17-48-31-41-27-22(28(42-31)44-12-3-5-19(46)15-44)14-40-26(25(27)34)23-16-45(30(35)36)29(47)20-8-7-18(13-21(20)23)33(37,38)39/h7-8,13-14,16,19,24,30,46H,2-6,9-12,15,17H2,1H3. The summed E-state index contributed by atoms with van der Waals surface area (Å²) in [7, 11) is 2.10. The molecule has 1 aromatic carbocycles. The first-order valence-corrected chi connectivity index (χ1v) is 16.0. The molecule has 3 aliphatic rings. The first kappa shape index (κ1) is 32.6. The minimum absolute atomic E-state index is 0.0316. The number of ether oxygens (including phenoxy) is 1. The molecule has 3 atom stereocenters. The first-order valence-electron chi connectivity index (χ1n) is 16.0. The van der Waals surface area contributed by atoms with Crippen molar-refractivity contribution in [3.05, 3.63) is 52.3 Å². The molecule has 256 valence electrons. The number of piperidine rings is 2. The van der Waals surface area contributed by atoms with Gasteiger partial charge in [-0.25, -0.2) is 4.39 Å². The van der Waals surface area contributed by atoms with Gasteiger partial charge in [-0.3, -0.25) is 14.3 Å². The number of benzene rings is 1. The van der Waals surface area contributed by atoms with Crippen molar-refractivity contribution in [3.63, 3.8) is 0 Å². The van der Waals surface area contributed by atoms with Crippen LogP contribution in [0.15, 0.2) is 35.4 Å². The lowest BCUT2D eigenvalue weighted by Crippen LogP contribution is -2.50. The number of hydrogen-bond acceptors (Lipinski definition) is 8. The minimum Gasteiger partial charge on any atom is -0.463 e. The third-order valence-electron chi connectivity index (χ3n) is 10.2. The van der Waals surface area contributed by atoms with E-state index in [2.05, 4.69) is 26.9 Å². The van der Waals surface area contributed by atoms with Gasteiger partial charge in [0.2, 0.25) is 0 Å². The van der Waals surface area contributed by atoms with Crippen LogP contribution in [0.3, 0.4) is 0 Å². The molecule has 1 N–H and O–H groups in total. The molecule has 7 rings (SSSR count). The molecule has 3 unspecified atom stereocenters. The highest BCUT2D eigenvalue weighted by molar-refractivity contribution is 5.98. The molecule has 3 aromatic heterocycles. The molecule has 3 fully saturated rings. The third kappa shape index (κ3) is 5.63. The molecular weight excluding hydrogens is 642 g/mol. The van der Waals surface area contributed by atoms with Gasteiger partial charge in [-0.15, -0.1) is 0 Å². The van der Waals surface area contributed by atoms with Crippen molar-refractivity contribution in [2.45, 2.75) is 69.8 Å². The van der Waals surface area contributed by atoms with Gasteiger partial charge in [-0.05, 0) is 75.7 Å². The summed E-state index contributed by atoms with van der Waals surface area (Å²) in [5, 5.41) is 9.72. The van der Waals surface area contributed by atoms with E-state index < -0.39 is 57.8 Å². The molecular formula is C33H34F6N6O3. The van der Waals surface area contributed by atoms with Gasteiger partial charge in [0.05, 0.1) is 23.7 Å². The third-order valence-corrected chi connectivity index (χ3v) is 10.2. The number of aliphatic hydroxyl groups is 1. The summed E-state index contributed by atoms with van der Waals surface area (Å²) < 4.78 is 92.1. The van der Waals surface area contributed by atoms with Crippen LogP contribution in [0.2, 0.25) is 0 Å².